The standard InChI is InChI=1S/C25H29N3O3/c26-23-19-7-3-1-5-17(19)13-21(23)27-25(30)24-20-8-4-2-6-18(20)14-22(29)28(24)15-16-9-11-31-12-10-16/h1-8,16,21,23-24H,9-15,26H2,(H,27,30)/t21-,23-,24?/m0/s1. The molecule has 6 nitrogen and oxygen atoms in total. The van der Waals surface area contributed by atoms with Crippen LogP contribution in [0.2, 0.25) is 0 Å². The minimum Gasteiger partial charge on any atom is -0.381 e. The second-order valence-electron chi connectivity index (χ2n) is 8.92. The molecule has 1 fully saturated rings. The van der Waals surface area contributed by atoms with Crippen LogP contribution in [0.1, 0.15) is 47.2 Å². The summed E-state index contributed by atoms with van der Waals surface area (Å²) in [4.78, 5) is 28.5. The number of carbonyl (C=O) groups is 2. The van der Waals surface area contributed by atoms with E-state index in [0.717, 1.165) is 42.7 Å². The Hall–Kier alpha value is -2.70. The van der Waals surface area contributed by atoms with Crippen molar-refractivity contribution in [1.29, 1.82) is 0 Å². The molecule has 2 heterocycles. The van der Waals surface area contributed by atoms with Crippen molar-refractivity contribution in [3.8, 4) is 0 Å². The Bertz CT molecular complexity index is 985. The van der Waals surface area contributed by atoms with Crippen LogP contribution in [0.25, 0.3) is 0 Å². The number of amides is 2. The van der Waals surface area contributed by atoms with E-state index in [1.54, 1.807) is 4.90 Å². The third-order valence-corrected chi connectivity index (χ3v) is 6.98. The SMILES string of the molecule is N[C@H]1c2ccccc2C[C@@H]1NC(=O)C1c2ccccc2CC(=O)N1CC1CCOCC1. The van der Waals surface area contributed by atoms with Crippen LogP contribution >= 0.6 is 0 Å². The maximum absolute atomic E-state index is 13.6. The third kappa shape index (κ3) is 3.86. The Morgan fingerprint density at radius 1 is 1.03 bits per heavy atom. The summed E-state index contributed by atoms with van der Waals surface area (Å²) in [6.07, 6.45) is 2.90. The summed E-state index contributed by atoms with van der Waals surface area (Å²) in [7, 11) is 0. The highest BCUT2D eigenvalue weighted by atomic mass is 16.5. The molecule has 0 radical (unpaired) electrons. The molecule has 0 spiro atoms. The van der Waals surface area contributed by atoms with Gasteiger partial charge in [0.25, 0.3) is 0 Å². The van der Waals surface area contributed by atoms with Crippen LogP contribution in [-0.4, -0.2) is 42.5 Å². The largest absolute Gasteiger partial charge is 0.381 e. The molecule has 6 heteroatoms. The van der Waals surface area contributed by atoms with E-state index in [0.29, 0.717) is 25.3 Å². The van der Waals surface area contributed by atoms with Gasteiger partial charge in [-0.25, -0.2) is 0 Å². The van der Waals surface area contributed by atoms with Crippen LogP contribution in [0.3, 0.4) is 0 Å². The van der Waals surface area contributed by atoms with E-state index in [4.69, 9.17) is 10.5 Å². The lowest BCUT2D eigenvalue weighted by Gasteiger charge is -2.39. The van der Waals surface area contributed by atoms with Gasteiger partial charge in [0, 0.05) is 19.8 Å². The Kier molecular flexibility index (Phi) is 5.50. The van der Waals surface area contributed by atoms with Crippen LogP contribution in [0.15, 0.2) is 48.5 Å². The van der Waals surface area contributed by atoms with Gasteiger partial charge in [-0.15, -0.1) is 0 Å². The van der Waals surface area contributed by atoms with Gasteiger partial charge >= 0.3 is 0 Å². The molecule has 1 unspecified atom stereocenters. The fraction of sp³-hybridized carbons (Fsp3) is 0.440. The smallest absolute Gasteiger partial charge is 0.247 e. The van der Waals surface area contributed by atoms with Crippen molar-refractivity contribution in [3.63, 3.8) is 0 Å². The average Bonchev–Trinajstić information content (AvgIpc) is 3.10. The first-order valence-corrected chi connectivity index (χ1v) is 11.2. The van der Waals surface area contributed by atoms with Crippen LogP contribution in [-0.2, 0) is 27.2 Å². The normalized spacial score (nSPS) is 25.8. The zero-order chi connectivity index (χ0) is 21.4. The highest BCUT2D eigenvalue weighted by Crippen LogP contribution is 2.34. The molecule has 1 saturated heterocycles. The summed E-state index contributed by atoms with van der Waals surface area (Å²) in [5.74, 6) is 0.237. The van der Waals surface area contributed by atoms with Gasteiger partial charge in [-0.05, 0) is 47.4 Å². The molecule has 31 heavy (non-hydrogen) atoms. The van der Waals surface area contributed by atoms with Gasteiger partial charge in [0.05, 0.1) is 18.5 Å². The topological polar surface area (TPSA) is 84.7 Å². The molecule has 3 aliphatic rings. The van der Waals surface area contributed by atoms with Crippen LogP contribution in [0, 0.1) is 5.92 Å². The van der Waals surface area contributed by atoms with Gasteiger partial charge in [-0.2, -0.15) is 0 Å². The predicted octanol–water partition coefficient (Wildman–Crippen LogP) is 2.28. The van der Waals surface area contributed by atoms with Crippen molar-refractivity contribution in [2.24, 2.45) is 11.7 Å². The first-order valence-electron chi connectivity index (χ1n) is 11.2. The lowest BCUT2D eigenvalue weighted by atomic mass is 9.89. The van der Waals surface area contributed by atoms with E-state index in [2.05, 4.69) is 11.4 Å². The molecule has 1 aliphatic carbocycles. The number of hydrogen-bond acceptors (Lipinski definition) is 4. The summed E-state index contributed by atoms with van der Waals surface area (Å²) < 4.78 is 5.48. The van der Waals surface area contributed by atoms with Crippen molar-refractivity contribution in [3.05, 3.63) is 70.8 Å². The third-order valence-electron chi connectivity index (χ3n) is 6.98. The second-order valence-corrected chi connectivity index (χ2v) is 8.92. The molecule has 3 atom stereocenters. The quantitative estimate of drug-likeness (QED) is 0.796. The van der Waals surface area contributed by atoms with Crippen LogP contribution in [0.4, 0.5) is 0 Å². The minimum atomic E-state index is -0.615. The molecule has 0 saturated carbocycles. The lowest BCUT2D eigenvalue weighted by molar-refractivity contribution is -0.143. The Morgan fingerprint density at radius 2 is 1.71 bits per heavy atom. The van der Waals surface area contributed by atoms with Gasteiger partial charge in [-0.1, -0.05) is 48.5 Å². The number of nitrogens with one attached hydrogen (secondary N) is 1. The number of nitrogens with zero attached hydrogens (tertiary/aromatic N) is 1. The van der Waals surface area contributed by atoms with E-state index in [1.165, 1.54) is 5.56 Å². The van der Waals surface area contributed by atoms with Crippen molar-refractivity contribution in [2.75, 3.05) is 19.8 Å². The average molecular weight is 420 g/mol. The molecule has 5 rings (SSSR count). The highest BCUT2D eigenvalue weighted by Gasteiger charge is 2.40. The van der Waals surface area contributed by atoms with Crippen molar-refractivity contribution < 1.29 is 14.3 Å². The first-order chi connectivity index (χ1) is 15.1. The molecule has 2 amide bonds. The number of carbonyl (C=O) groups excluding carboxylic acids is 2. The fourth-order valence-electron chi connectivity index (χ4n) is 5.26. The van der Waals surface area contributed by atoms with Gasteiger partial charge in [-0.3, -0.25) is 9.59 Å². The second kappa shape index (κ2) is 8.44. The van der Waals surface area contributed by atoms with Crippen molar-refractivity contribution in [1.82, 2.24) is 10.2 Å². The molecular formula is C25H29N3O3. The van der Waals surface area contributed by atoms with Gasteiger partial charge in [0.2, 0.25) is 11.8 Å². The molecule has 2 aromatic carbocycles. The molecule has 3 N–H and O–H groups in total. The Morgan fingerprint density at radius 3 is 2.45 bits per heavy atom. The zero-order valence-electron chi connectivity index (χ0n) is 17.6. The number of fused-ring (bicyclic) bond motifs is 2. The van der Waals surface area contributed by atoms with E-state index < -0.39 is 6.04 Å². The summed E-state index contributed by atoms with van der Waals surface area (Å²) in [5.41, 5.74) is 10.6. The summed E-state index contributed by atoms with van der Waals surface area (Å²) in [6.45, 7) is 2.02. The fourth-order valence-corrected chi connectivity index (χ4v) is 5.26. The van der Waals surface area contributed by atoms with Gasteiger partial charge < -0.3 is 20.7 Å². The molecular weight excluding hydrogens is 390 g/mol. The monoisotopic (exact) mass is 419 g/mol. The maximum atomic E-state index is 13.6. The molecule has 2 aliphatic heterocycles. The highest BCUT2D eigenvalue weighted by molar-refractivity contribution is 5.92. The molecule has 2 aromatic rings. The predicted molar refractivity (Wildman–Crippen MR) is 117 cm³/mol. The van der Waals surface area contributed by atoms with Crippen molar-refractivity contribution in [2.45, 2.75) is 43.8 Å². The first kappa shape index (κ1) is 20.2. The Labute approximate surface area is 182 Å². The number of hydrogen-bond donors (Lipinski definition) is 2. The summed E-state index contributed by atoms with van der Waals surface area (Å²) in [6, 6.07) is 14.9. The van der Waals surface area contributed by atoms with Crippen LogP contribution < -0.4 is 11.1 Å². The lowest BCUT2D eigenvalue weighted by Crippen LogP contribution is -2.52. The molecule has 0 aromatic heterocycles. The van der Waals surface area contributed by atoms with E-state index in [1.807, 2.05) is 42.5 Å². The minimum absolute atomic E-state index is 0.0179. The number of rotatable bonds is 4. The Balaban J connectivity index is 1.40. The van der Waals surface area contributed by atoms with Crippen LogP contribution in [0.5, 0.6) is 0 Å². The number of ether oxygens (including phenoxy) is 1. The summed E-state index contributed by atoms with van der Waals surface area (Å²) >= 11 is 0. The van der Waals surface area contributed by atoms with Gasteiger partial charge in [0.1, 0.15) is 6.04 Å². The molecule has 162 valence electrons. The van der Waals surface area contributed by atoms with E-state index in [-0.39, 0.29) is 23.9 Å². The number of benzene rings is 2. The number of nitrogens with two attached hydrogens (primary N) is 1. The van der Waals surface area contributed by atoms with E-state index in [9.17, 15) is 9.59 Å². The van der Waals surface area contributed by atoms with Gasteiger partial charge in [0.15, 0.2) is 0 Å². The summed E-state index contributed by atoms with van der Waals surface area (Å²) in [5, 5.41) is 3.19. The maximum Gasteiger partial charge on any atom is 0.247 e. The van der Waals surface area contributed by atoms with Crippen molar-refractivity contribution >= 4 is 11.8 Å². The molecule has 0 bridgehead atoms. The zero-order valence-corrected chi connectivity index (χ0v) is 17.6. The van der Waals surface area contributed by atoms with E-state index >= 15 is 0 Å².